The van der Waals surface area contributed by atoms with Crippen LogP contribution in [0.15, 0.2) is 0 Å². The Morgan fingerprint density at radius 2 is 1.50 bits per heavy atom. The zero-order valence-corrected chi connectivity index (χ0v) is 9.17. The Morgan fingerprint density at radius 1 is 1.08 bits per heavy atom. The lowest BCUT2D eigenvalue weighted by molar-refractivity contribution is -0.947. The van der Waals surface area contributed by atoms with Crippen LogP contribution < -0.4 is 0 Å². The van der Waals surface area contributed by atoms with Gasteiger partial charge in [-0.25, -0.2) is 0 Å². The molecule has 2 nitrogen and oxygen atoms in total. The highest BCUT2D eigenvalue weighted by Crippen LogP contribution is 2.13. The third kappa shape index (κ3) is 2.76. The summed E-state index contributed by atoms with van der Waals surface area (Å²) in [6, 6.07) is 0.606. The van der Waals surface area contributed by atoms with E-state index >= 15 is 0 Å². The lowest BCUT2D eigenvalue weighted by atomic mass is 10.2. The topological polar surface area (TPSA) is 20.2 Å². The summed E-state index contributed by atoms with van der Waals surface area (Å²) >= 11 is 0. The first-order valence-electron chi connectivity index (χ1n) is 5.02. The second-order valence-corrected chi connectivity index (χ2v) is 3.98. The minimum absolute atomic E-state index is 0.188. The first-order chi connectivity index (χ1) is 5.48. The zero-order valence-electron chi connectivity index (χ0n) is 9.17. The van der Waals surface area contributed by atoms with Gasteiger partial charge in [-0.2, -0.15) is 0 Å². The molecule has 0 aliphatic rings. The molecule has 0 aromatic carbocycles. The van der Waals surface area contributed by atoms with Crippen molar-refractivity contribution in [2.45, 2.75) is 46.8 Å². The van der Waals surface area contributed by atoms with Crippen LogP contribution in [0.1, 0.15) is 34.6 Å². The minimum atomic E-state index is -0.188. The summed E-state index contributed by atoms with van der Waals surface area (Å²) in [5.41, 5.74) is 0. The molecule has 2 heteroatoms. The number of likely N-dealkylation sites (N-methyl/N-ethyl adjacent to an activating group) is 1. The van der Waals surface area contributed by atoms with Crippen LogP contribution in [0.5, 0.6) is 0 Å². The second kappa shape index (κ2) is 4.83. The van der Waals surface area contributed by atoms with Crippen molar-refractivity contribution in [3.8, 4) is 0 Å². The molecule has 1 N–H and O–H groups in total. The van der Waals surface area contributed by atoms with Crippen molar-refractivity contribution >= 4 is 0 Å². The molecule has 0 bridgehead atoms. The van der Waals surface area contributed by atoms with E-state index < -0.39 is 0 Å². The summed E-state index contributed by atoms with van der Waals surface area (Å²) in [6.07, 6.45) is -0.188. The van der Waals surface area contributed by atoms with Crippen LogP contribution >= 0.6 is 0 Å². The van der Waals surface area contributed by atoms with E-state index in [0.29, 0.717) is 6.04 Å². The van der Waals surface area contributed by atoms with E-state index in [1.54, 1.807) is 0 Å². The smallest absolute Gasteiger partial charge is 0.105 e. The Balaban J connectivity index is 4.35. The zero-order chi connectivity index (χ0) is 9.78. The fraction of sp³-hybridized carbons (Fsp3) is 1.00. The van der Waals surface area contributed by atoms with Gasteiger partial charge in [0.25, 0.3) is 0 Å². The van der Waals surface area contributed by atoms with Gasteiger partial charge in [0.2, 0.25) is 0 Å². The van der Waals surface area contributed by atoms with Crippen LogP contribution in [-0.4, -0.2) is 41.4 Å². The average Bonchev–Trinajstić information content (AvgIpc) is 1.99. The van der Waals surface area contributed by atoms with E-state index in [4.69, 9.17) is 0 Å². The minimum Gasteiger partial charge on any atom is -0.388 e. The lowest BCUT2D eigenvalue weighted by Crippen LogP contribution is -2.55. The molecule has 1 unspecified atom stereocenters. The van der Waals surface area contributed by atoms with Crippen LogP contribution in [0, 0.1) is 0 Å². The summed E-state index contributed by atoms with van der Waals surface area (Å²) < 4.78 is 1.03. The maximum atomic E-state index is 9.38. The van der Waals surface area contributed by atoms with E-state index in [-0.39, 0.29) is 6.10 Å². The van der Waals surface area contributed by atoms with Gasteiger partial charge in [0.05, 0.1) is 19.1 Å². The molecule has 0 radical (unpaired) electrons. The highest BCUT2D eigenvalue weighted by atomic mass is 16.3. The highest BCUT2D eigenvalue weighted by Gasteiger charge is 2.28. The Morgan fingerprint density at radius 3 is 1.58 bits per heavy atom. The monoisotopic (exact) mass is 174 g/mol. The quantitative estimate of drug-likeness (QED) is 0.628. The fourth-order valence-electron chi connectivity index (χ4n) is 1.95. The van der Waals surface area contributed by atoms with Crippen molar-refractivity contribution in [3.63, 3.8) is 0 Å². The molecule has 0 aliphatic heterocycles. The Kier molecular flexibility index (Phi) is 4.80. The molecule has 0 saturated heterocycles. The molecule has 0 heterocycles. The third-order valence-corrected chi connectivity index (χ3v) is 2.98. The lowest BCUT2D eigenvalue weighted by Gasteiger charge is -2.41. The molecule has 0 saturated carbocycles. The number of nitrogens with zero attached hydrogens (tertiary/aromatic N) is 1. The molecule has 0 spiro atoms. The average molecular weight is 174 g/mol. The molecule has 0 fully saturated rings. The second-order valence-electron chi connectivity index (χ2n) is 3.98. The molecular formula is C10H24NO+. The molecule has 0 aromatic heterocycles. The molecular weight excluding hydrogens is 150 g/mol. The predicted octanol–water partition coefficient (Wildman–Crippen LogP) is 1.63. The van der Waals surface area contributed by atoms with Gasteiger partial charge in [0.15, 0.2) is 0 Å². The van der Waals surface area contributed by atoms with Gasteiger partial charge in [0, 0.05) is 0 Å². The molecule has 1 atom stereocenters. The van der Waals surface area contributed by atoms with Gasteiger partial charge in [-0.05, 0) is 34.6 Å². The van der Waals surface area contributed by atoms with E-state index in [0.717, 1.165) is 24.1 Å². The molecule has 0 amide bonds. The Bertz CT molecular complexity index is 117. The van der Waals surface area contributed by atoms with Crippen LogP contribution in [0.3, 0.4) is 0 Å². The highest BCUT2D eigenvalue weighted by molar-refractivity contribution is 4.51. The van der Waals surface area contributed by atoms with Crippen LogP contribution in [0.2, 0.25) is 0 Å². The summed E-state index contributed by atoms with van der Waals surface area (Å²) in [6.45, 7) is 13.8. The van der Waals surface area contributed by atoms with Crippen molar-refractivity contribution in [1.29, 1.82) is 0 Å². The standard InChI is InChI=1S/C10H24NO/c1-6-11(7-2,9(3)4)8-10(5)12/h9-10,12H,6-8H2,1-5H3/q+1. The number of aliphatic hydroxyl groups excluding tert-OH is 1. The number of aliphatic hydroxyl groups is 1. The first kappa shape index (κ1) is 11.9. The Labute approximate surface area is 76.8 Å². The summed E-state index contributed by atoms with van der Waals surface area (Å²) in [4.78, 5) is 0. The number of hydrogen-bond acceptors (Lipinski definition) is 1. The van der Waals surface area contributed by atoms with Gasteiger partial charge in [-0.15, -0.1) is 0 Å². The van der Waals surface area contributed by atoms with Gasteiger partial charge >= 0.3 is 0 Å². The van der Waals surface area contributed by atoms with Crippen LogP contribution in [-0.2, 0) is 0 Å². The van der Waals surface area contributed by atoms with Crippen molar-refractivity contribution in [1.82, 2.24) is 0 Å². The van der Waals surface area contributed by atoms with Crippen molar-refractivity contribution < 1.29 is 9.59 Å². The summed E-state index contributed by atoms with van der Waals surface area (Å²) in [5, 5.41) is 9.38. The molecule has 12 heavy (non-hydrogen) atoms. The maximum absolute atomic E-state index is 9.38. The number of hydrogen-bond donors (Lipinski definition) is 1. The summed E-state index contributed by atoms with van der Waals surface area (Å²) in [5.74, 6) is 0. The van der Waals surface area contributed by atoms with Gasteiger partial charge in [-0.1, -0.05) is 0 Å². The third-order valence-electron chi connectivity index (χ3n) is 2.98. The largest absolute Gasteiger partial charge is 0.388 e. The summed E-state index contributed by atoms with van der Waals surface area (Å²) in [7, 11) is 0. The SMILES string of the molecule is CC[N+](CC)(CC(C)O)C(C)C. The van der Waals surface area contributed by atoms with Gasteiger partial charge in [0.1, 0.15) is 12.6 Å². The molecule has 0 aliphatic carbocycles. The first-order valence-corrected chi connectivity index (χ1v) is 5.02. The van der Waals surface area contributed by atoms with Crippen molar-refractivity contribution in [2.24, 2.45) is 0 Å². The molecule has 74 valence electrons. The van der Waals surface area contributed by atoms with E-state index in [9.17, 15) is 5.11 Å². The number of quaternary nitrogens is 1. The Hall–Kier alpha value is -0.0800. The number of rotatable bonds is 5. The van der Waals surface area contributed by atoms with Crippen molar-refractivity contribution in [3.05, 3.63) is 0 Å². The van der Waals surface area contributed by atoms with Crippen molar-refractivity contribution in [2.75, 3.05) is 19.6 Å². The maximum Gasteiger partial charge on any atom is 0.105 e. The van der Waals surface area contributed by atoms with Crippen LogP contribution in [0.4, 0.5) is 0 Å². The van der Waals surface area contributed by atoms with Gasteiger partial charge in [-0.3, -0.25) is 0 Å². The van der Waals surface area contributed by atoms with Crippen LogP contribution in [0.25, 0.3) is 0 Å². The molecule has 0 aromatic rings. The van der Waals surface area contributed by atoms with E-state index in [1.807, 2.05) is 6.92 Å². The molecule has 0 rings (SSSR count). The fourth-order valence-corrected chi connectivity index (χ4v) is 1.95. The van der Waals surface area contributed by atoms with Gasteiger partial charge < -0.3 is 9.59 Å². The predicted molar refractivity (Wildman–Crippen MR) is 53.0 cm³/mol. The normalized spacial score (nSPS) is 15.2. The van der Waals surface area contributed by atoms with E-state index in [1.165, 1.54) is 0 Å². The van der Waals surface area contributed by atoms with E-state index in [2.05, 4.69) is 27.7 Å².